The van der Waals surface area contributed by atoms with Crippen molar-refractivity contribution in [1.29, 1.82) is 0 Å². The second kappa shape index (κ2) is 12.6. The minimum absolute atomic E-state index is 0.0732. The Morgan fingerprint density at radius 1 is 0.774 bits per heavy atom. The molecular weight excluding hydrogens is 402 g/mol. The topological polar surface area (TPSA) is 123 Å². The number of carbonyl (C=O) groups is 4. The number of esters is 1. The van der Waals surface area contributed by atoms with Crippen molar-refractivity contribution in [3.63, 3.8) is 0 Å². The Bertz CT molecular complexity index is 873. The van der Waals surface area contributed by atoms with E-state index in [-0.39, 0.29) is 26.3 Å². The summed E-state index contributed by atoms with van der Waals surface area (Å²) in [5.41, 5.74) is 1.65. The fourth-order valence-corrected chi connectivity index (χ4v) is 2.35. The summed E-state index contributed by atoms with van der Waals surface area (Å²) in [5.74, 6) is -1.73. The summed E-state index contributed by atoms with van der Waals surface area (Å²) >= 11 is 0. The first-order valence-electron chi connectivity index (χ1n) is 9.65. The number of rotatable bonds is 10. The van der Waals surface area contributed by atoms with E-state index in [9.17, 15) is 19.2 Å². The molecule has 0 unspecified atom stereocenters. The zero-order valence-electron chi connectivity index (χ0n) is 17.1. The second-order valence-electron chi connectivity index (χ2n) is 6.57. The molecule has 0 heterocycles. The van der Waals surface area contributed by atoms with Gasteiger partial charge in [-0.25, -0.2) is 4.79 Å². The molecule has 0 aromatic heterocycles. The van der Waals surface area contributed by atoms with Crippen LogP contribution in [0, 0.1) is 0 Å². The number of carbonyl (C=O) groups excluding carboxylic acids is 4. The first kappa shape index (κ1) is 23.4. The molecule has 3 N–H and O–H groups in total. The van der Waals surface area contributed by atoms with E-state index in [4.69, 9.17) is 9.47 Å². The molecule has 0 aliphatic heterocycles. The Kier molecular flexibility index (Phi) is 9.54. The maximum atomic E-state index is 12.0. The Morgan fingerprint density at radius 2 is 1.32 bits per heavy atom. The van der Waals surface area contributed by atoms with Gasteiger partial charge in [0.1, 0.15) is 25.8 Å². The van der Waals surface area contributed by atoms with E-state index in [0.29, 0.717) is 0 Å². The summed E-state index contributed by atoms with van der Waals surface area (Å²) in [6, 6.07) is 17.3. The molecule has 9 heteroatoms. The number of ether oxygens (including phenoxy) is 2. The molecule has 9 nitrogen and oxygen atoms in total. The van der Waals surface area contributed by atoms with Gasteiger partial charge < -0.3 is 25.4 Å². The molecule has 31 heavy (non-hydrogen) atoms. The quantitative estimate of drug-likeness (QED) is 0.491. The normalized spacial score (nSPS) is 11.0. The van der Waals surface area contributed by atoms with Gasteiger partial charge in [-0.05, 0) is 18.1 Å². The Morgan fingerprint density at radius 3 is 1.90 bits per heavy atom. The lowest BCUT2D eigenvalue weighted by Crippen LogP contribution is -2.48. The van der Waals surface area contributed by atoms with Crippen LogP contribution in [-0.4, -0.2) is 43.0 Å². The van der Waals surface area contributed by atoms with Crippen LogP contribution < -0.4 is 16.0 Å². The van der Waals surface area contributed by atoms with E-state index < -0.39 is 29.9 Å². The lowest BCUT2D eigenvalue weighted by Gasteiger charge is -2.14. The molecule has 0 saturated carbocycles. The van der Waals surface area contributed by atoms with E-state index in [1.165, 1.54) is 6.92 Å². The summed E-state index contributed by atoms with van der Waals surface area (Å²) in [6.07, 6.45) is -0.753. The first-order chi connectivity index (χ1) is 14.9. The lowest BCUT2D eigenvalue weighted by molar-refractivity contribution is -0.145. The molecule has 0 fully saturated rings. The molecule has 0 aliphatic carbocycles. The third-order valence-corrected chi connectivity index (χ3v) is 4.04. The molecule has 2 aromatic rings. The van der Waals surface area contributed by atoms with Gasteiger partial charge in [0.05, 0.1) is 6.54 Å². The number of hydrogen-bond acceptors (Lipinski definition) is 6. The predicted octanol–water partition coefficient (Wildman–Crippen LogP) is 1.28. The van der Waals surface area contributed by atoms with Gasteiger partial charge in [0.25, 0.3) is 0 Å². The van der Waals surface area contributed by atoms with Gasteiger partial charge in [0.2, 0.25) is 11.8 Å². The van der Waals surface area contributed by atoms with Crippen LogP contribution in [0.4, 0.5) is 4.79 Å². The zero-order chi connectivity index (χ0) is 22.5. The van der Waals surface area contributed by atoms with Crippen LogP contribution in [0.1, 0.15) is 18.1 Å². The average Bonchev–Trinajstić information content (AvgIpc) is 2.79. The van der Waals surface area contributed by atoms with Crippen LogP contribution in [0.3, 0.4) is 0 Å². The monoisotopic (exact) mass is 427 g/mol. The van der Waals surface area contributed by atoms with Gasteiger partial charge in [0.15, 0.2) is 0 Å². The summed E-state index contributed by atoms with van der Waals surface area (Å²) in [7, 11) is 0. The molecule has 1 atom stereocenters. The Hall–Kier alpha value is -3.88. The highest BCUT2D eigenvalue weighted by Gasteiger charge is 2.17. The summed E-state index contributed by atoms with van der Waals surface area (Å²) in [4.78, 5) is 47.2. The highest BCUT2D eigenvalue weighted by atomic mass is 16.5. The first-order valence-corrected chi connectivity index (χ1v) is 9.65. The maximum Gasteiger partial charge on any atom is 0.408 e. The molecule has 3 amide bonds. The molecule has 0 radical (unpaired) electrons. The van der Waals surface area contributed by atoms with Crippen molar-refractivity contribution in [2.45, 2.75) is 26.2 Å². The predicted molar refractivity (Wildman–Crippen MR) is 111 cm³/mol. The molecule has 0 spiro atoms. The Balaban J connectivity index is 1.59. The molecule has 0 saturated heterocycles. The van der Waals surface area contributed by atoms with Gasteiger partial charge in [-0.2, -0.15) is 0 Å². The number of hydrogen-bond donors (Lipinski definition) is 3. The number of amides is 3. The van der Waals surface area contributed by atoms with E-state index in [1.807, 2.05) is 48.5 Å². The van der Waals surface area contributed by atoms with Crippen LogP contribution in [0.2, 0.25) is 0 Å². The van der Waals surface area contributed by atoms with Crippen LogP contribution in [-0.2, 0) is 37.1 Å². The highest BCUT2D eigenvalue weighted by molar-refractivity contribution is 5.90. The average molecular weight is 427 g/mol. The lowest BCUT2D eigenvalue weighted by atomic mass is 10.2. The maximum absolute atomic E-state index is 12.0. The molecule has 0 aliphatic rings. The SMILES string of the molecule is C[C@@H](NC(=O)OCc1ccccc1)C(=O)NCC(=O)NCC(=O)OCc1ccccc1. The number of alkyl carbamates (subject to hydrolysis) is 1. The van der Waals surface area contributed by atoms with E-state index in [1.54, 1.807) is 12.1 Å². The fourth-order valence-electron chi connectivity index (χ4n) is 2.35. The molecule has 164 valence electrons. The van der Waals surface area contributed by atoms with E-state index in [2.05, 4.69) is 16.0 Å². The molecule has 0 bridgehead atoms. The third-order valence-electron chi connectivity index (χ3n) is 4.04. The number of benzene rings is 2. The van der Waals surface area contributed by atoms with E-state index >= 15 is 0 Å². The van der Waals surface area contributed by atoms with Crippen molar-refractivity contribution in [2.75, 3.05) is 13.1 Å². The van der Waals surface area contributed by atoms with Crippen LogP contribution in [0.25, 0.3) is 0 Å². The summed E-state index contributed by atoms with van der Waals surface area (Å²) in [5, 5.41) is 7.10. The molecule has 2 rings (SSSR count). The van der Waals surface area contributed by atoms with Gasteiger partial charge in [-0.3, -0.25) is 14.4 Å². The van der Waals surface area contributed by atoms with Crippen molar-refractivity contribution in [2.24, 2.45) is 0 Å². The van der Waals surface area contributed by atoms with Crippen molar-refractivity contribution in [1.82, 2.24) is 16.0 Å². The largest absolute Gasteiger partial charge is 0.460 e. The molecule has 2 aromatic carbocycles. The number of nitrogens with one attached hydrogen (secondary N) is 3. The highest BCUT2D eigenvalue weighted by Crippen LogP contribution is 2.01. The standard InChI is InChI=1S/C22H25N3O6/c1-16(25-22(29)31-15-18-10-6-3-7-11-18)21(28)24-12-19(26)23-13-20(27)30-14-17-8-4-2-5-9-17/h2-11,16H,12-15H2,1H3,(H,23,26)(H,24,28)(H,25,29)/t16-/m1/s1. The minimum atomic E-state index is -0.910. The van der Waals surface area contributed by atoms with Crippen LogP contribution in [0.5, 0.6) is 0 Å². The van der Waals surface area contributed by atoms with Gasteiger partial charge in [-0.1, -0.05) is 60.7 Å². The van der Waals surface area contributed by atoms with Gasteiger partial charge in [0, 0.05) is 0 Å². The van der Waals surface area contributed by atoms with Crippen molar-refractivity contribution in [3.8, 4) is 0 Å². The zero-order valence-corrected chi connectivity index (χ0v) is 17.1. The smallest absolute Gasteiger partial charge is 0.408 e. The van der Waals surface area contributed by atoms with Crippen LogP contribution in [0.15, 0.2) is 60.7 Å². The molecular formula is C22H25N3O6. The van der Waals surface area contributed by atoms with Crippen LogP contribution >= 0.6 is 0 Å². The minimum Gasteiger partial charge on any atom is -0.460 e. The van der Waals surface area contributed by atoms with Crippen molar-refractivity contribution in [3.05, 3.63) is 71.8 Å². The van der Waals surface area contributed by atoms with Crippen molar-refractivity contribution < 1.29 is 28.7 Å². The van der Waals surface area contributed by atoms with Gasteiger partial charge >= 0.3 is 12.1 Å². The summed E-state index contributed by atoms with van der Waals surface area (Å²) < 4.78 is 10.1. The van der Waals surface area contributed by atoms with Gasteiger partial charge in [-0.15, -0.1) is 0 Å². The van der Waals surface area contributed by atoms with E-state index in [0.717, 1.165) is 11.1 Å². The third kappa shape index (κ3) is 9.44. The fraction of sp³-hybridized carbons (Fsp3) is 0.273. The second-order valence-corrected chi connectivity index (χ2v) is 6.57. The Labute approximate surface area is 180 Å². The summed E-state index contributed by atoms with van der Waals surface area (Å²) in [6.45, 7) is 0.967. The van der Waals surface area contributed by atoms with Crippen molar-refractivity contribution >= 4 is 23.9 Å².